The highest BCUT2D eigenvalue weighted by molar-refractivity contribution is 7.91. The Morgan fingerprint density at radius 3 is 2.11 bits per heavy atom. The molecular weight excluding hydrogens is 558 g/mol. The number of alkyl halides is 6. The smallest absolute Gasteiger partial charge is 0.369 e. The molecule has 3 rings (SSSR count). The number of hydrogen-bond acceptors (Lipinski definition) is 6. The molecule has 1 atom stereocenters. The van der Waals surface area contributed by atoms with Gasteiger partial charge in [-0.1, -0.05) is 37.8 Å². The van der Waals surface area contributed by atoms with Crippen LogP contribution in [0.3, 0.4) is 0 Å². The van der Waals surface area contributed by atoms with Gasteiger partial charge in [0.05, 0.1) is 5.69 Å². The molecule has 6 nitrogen and oxygen atoms in total. The largest absolute Gasteiger partial charge is 0.430 e. The van der Waals surface area contributed by atoms with Crippen molar-refractivity contribution in [2.45, 2.75) is 42.1 Å². The minimum absolute atomic E-state index is 0.0383. The Kier molecular flexibility index (Phi) is 8.79. The first-order valence-corrected chi connectivity index (χ1v) is 13.7. The molecule has 0 bridgehead atoms. The van der Waals surface area contributed by atoms with Gasteiger partial charge in [0.25, 0.3) is 15.6 Å². The van der Waals surface area contributed by atoms with Crippen LogP contribution < -0.4 is 4.90 Å². The number of halogens is 6. The van der Waals surface area contributed by atoms with E-state index in [1.807, 2.05) is 0 Å². The van der Waals surface area contributed by atoms with Gasteiger partial charge in [-0.25, -0.2) is 8.42 Å². The van der Waals surface area contributed by atoms with Crippen molar-refractivity contribution in [3.05, 3.63) is 46.8 Å². The Balaban J connectivity index is 2.02. The van der Waals surface area contributed by atoms with Gasteiger partial charge in [-0.3, -0.25) is 0 Å². The van der Waals surface area contributed by atoms with E-state index in [-0.39, 0.29) is 47.6 Å². The molecular formula is C24H26F6N2O4S2. The number of anilines is 1. The molecule has 1 aliphatic heterocycles. The molecule has 1 aliphatic rings. The van der Waals surface area contributed by atoms with Crippen LogP contribution in [0.1, 0.15) is 25.0 Å². The fourth-order valence-electron chi connectivity index (χ4n) is 3.98. The van der Waals surface area contributed by atoms with Crippen LogP contribution in [0.25, 0.3) is 0 Å². The normalized spacial score (nSPS) is 16.9. The van der Waals surface area contributed by atoms with Crippen LogP contribution in [0.5, 0.6) is 0 Å². The van der Waals surface area contributed by atoms with Crippen molar-refractivity contribution in [2.24, 2.45) is 5.92 Å². The molecule has 0 spiro atoms. The van der Waals surface area contributed by atoms with E-state index >= 15 is 0 Å². The van der Waals surface area contributed by atoms with E-state index in [0.29, 0.717) is 12.1 Å². The zero-order valence-electron chi connectivity index (χ0n) is 20.6. The van der Waals surface area contributed by atoms with E-state index < -0.39 is 39.6 Å². The molecule has 0 amide bonds. The highest BCUT2D eigenvalue weighted by Gasteiger charge is 2.71. The number of benzene rings is 1. The van der Waals surface area contributed by atoms with Crippen LogP contribution in [0.4, 0.5) is 32.0 Å². The first-order valence-electron chi connectivity index (χ1n) is 11.4. The number of ether oxygens (including phenoxy) is 1. The second-order valence-corrected chi connectivity index (χ2v) is 12.0. The predicted molar refractivity (Wildman–Crippen MR) is 130 cm³/mol. The second kappa shape index (κ2) is 11.1. The first kappa shape index (κ1) is 30.2. The van der Waals surface area contributed by atoms with Gasteiger partial charge in [-0.05, 0) is 29.5 Å². The number of methoxy groups -OCH3 is 1. The third-order valence-corrected chi connectivity index (χ3v) is 9.38. The summed E-state index contributed by atoms with van der Waals surface area (Å²) < 4.78 is 113. The molecule has 38 heavy (non-hydrogen) atoms. The van der Waals surface area contributed by atoms with Gasteiger partial charge >= 0.3 is 12.4 Å². The lowest BCUT2D eigenvalue weighted by molar-refractivity contribution is -0.376. The van der Waals surface area contributed by atoms with E-state index in [0.717, 1.165) is 17.4 Å². The molecule has 1 saturated heterocycles. The lowest BCUT2D eigenvalue weighted by atomic mass is 9.90. The fraction of sp³-hybridized carbons (Fsp3) is 0.500. The summed E-state index contributed by atoms with van der Waals surface area (Å²) >= 11 is 1.06. The number of piperazine rings is 1. The van der Waals surface area contributed by atoms with Gasteiger partial charge in [0.15, 0.2) is 0 Å². The van der Waals surface area contributed by atoms with E-state index in [1.54, 1.807) is 30.2 Å². The maximum atomic E-state index is 13.5. The minimum Gasteiger partial charge on any atom is -0.369 e. The average Bonchev–Trinajstić information content (AvgIpc) is 3.38. The Morgan fingerprint density at radius 1 is 1.03 bits per heavy atom. The number of nitrogens with zero attached hydrogens (tertiary/aromatic N) is 2. The molecule has 1 unspecified atom stereocenters. The molecule has 1 aromatic heterocycles. The molecule has 0 saturated carbocycles. The lowest BCUT2D eigenvalue weighted by Crippen LogP contribution is -2.54. The first-order chi connectivity index (χ1) is 17.5. The molecule has 2 aromatic rings. The maximum Gasteiger partial charge on any atom is 0.430 e. The zero-order valence-corrected chi connectivity index (χ0v) is 22.2. The van der Waals surface area contributed by atoms with Crippen LogP contribution in [0, 0.1) is 17.8 Å². The van der Waals surface area contributed by atoms with Crippen LogP contribution in [-0.2, 0) is 20.4 Å². The quantitative estimate of drug-likeness (QED) is 0.398. The number of thiophene rings is 1. The summed E-state index contributed by atoms with van der Waals surface area (Å²) in [4.78, 5) is 1.63. The van der Waals surface area contributed by atoms with Gasteiger partial charge in [0.2, 0.25) is 0 Å². The van der Waals surface area contributed by atoms with Crippen molar-refractivity contribution >= 4 is 27.0 Å². The summed E-state index contributed by atoms with van der Waals surface area (Å²) in [7, 11) is -2.36. The lowest BCUT2D eigenvalue weighted by Gasteiger charge is -2.36. The van der Waals surface area contributed by atoms with E-state index in [1.165, 1.54) is 17.5 Å². The highest BCUT2D eigenvalue weighted by atomic mass is 32.2. The molecule has 1 N–H and O–H groups in total. The minimum atomic E-state index is -6.05. The molecule has 0 radical (unpaired) electrons. The van der Waals surface area contributed by atoms with E-state index in [2.05, 4.69) is 11.8 Å². The van der Waals surface area contributed by atoms with Gasteiger partial charge in [-0.15, -0.1) is 11.3 Å². The third-order valence-electron chi connectivity index (χ3n) is 6.11. The summed E-state index contributed by atoms with van der Waals surface area (Å²) in [5.41, 5.74) is -6.52. The van der Waals surface area contributed by atoms with Gasteiger partial charge in [-0.2, -0.15) is 30.6 Å². The Bertz CT molecular complexity index is 1260. The summed E-state index contributed by atoms with van der Waals surface area (Å²) in [6.45, 7) is 3.85. The van der Waals surface area contributed by atoms with Crippen LogP contribution in [0.2, 0.25) is 0 Å². The third kappa shape index (κ3) is 5.81. The van der Waals surface area contributed by atoms with Crippen molar-refractivity contribution < 1.29 is 44.6 Å². The molecule has 14 heteroatoms. The number of hydrogen-bond donors (Lipinski definition) is 1. The number of rotatable bonds is 6. The fourth-order valence-corrected chi connectivity index (χ4v) is 6.55. The topological polar surface area (TPSA) is 70.1 Å². The summed E-state index contributed by atoms with van der Waals surface area (Å²) in [6, 6.07) is 5.25. The molecule has 1 aromatic carbocycles. The Morgan fingerprint density at radius 2 is 1.63 bits per heavy atom. The molecule has 2 heterocycles. The average molecular weight is 585 g/mol. The summed E-state index contributed by atoms with van der Waals surface area (Å²) in [5.74, 6) is 5.22. The van der Waals surface area contributed by atoms with E-state index in [4.69, 9.17) is 4.74 Å². The zero-order chi connectivity index (χ0) is 28.5. The number of sulfonamides is 1. The Hall–Kier alpha value is -2.31. The highest BCUT2D eigenvalue weighted by Crippen LogP contribution is 2.50. The van der Waals surface area contributed by atoms with Crippen LogP contribution in [-0.4, -0.2) is 69.6 Å². The van der Waals surface area contributed by atoms with Crippen molar-refractivity contribution in [1.29, 1.82) is 0 Å². The van der Waals surface area contributed by atoms with Gasteiger partial charge in [0.1, 0.15) is 10.3 Å². The van der Waals surface area contributed by atoms with Crippen LogP contribution in [0.15, 0.2) is 39.9 Å². The summed E-state index contributed by atoms with van der Waals surface area (Å²) in [6.07, 6.45) is -12.8. The van der Waals surface area contributed by atoms with Gasteiger partial charge in [0, 0.05) is 44.4 Å². The number of aliphatic hydroxyl groups is 1. The summed E-state index contributed by atoms with van der Waals surface area (Å²) in [5, 5.41) is 11.5. The standard InChI is InChI=1S/C24H26F6N2O4S2/c1-16(2)20(36-3)9-6-17-15-18(22(33,23(25,26)27)24(28,29)30)7-8-19(17)31-10-12-32(13-11-31)38(34,35)21-5-4-14-37-21/h4-5,7-8,14-16,20,33H,10-13H2,1-3H3. The van der Waals surface area contributed by atoms with Crippen molar-refractivity contribution in [3.8, 4) is 11.8 Å². The molecule has 1 fully saturated rings. The predicted octanol–water partition coefficient (Wildman–Crippen LogP) is 4.59. The van der Waals surface area contributed by atoms with Gasteiger partial charge < -0.3 is 14.7 Å². The second-order valence-electron chi connectivity index (χ2n) is 8.93. The van der Waals surface area contributed by atoms with Crippen molar-refractivity contribution in [3.63, 3.8) is 0 Å². The SMILES string of the molecule is COC(C#Cc1cc(C(O)(C(F)(F)F)C(F)(F)F)ccc1N1CCN(S(=O)(=O)c2cccs2)CC1)C(C)C. The molecule has 0 aliphatic carbocycles. The van der Waals surface area contributed by atoms with E-state index in [9.17, 15) is 39.9 Å². The molecule has 210 valence electrons. The van der Waals surface area contributed by atoms with Crippen molar-refractivity contribution in [2.75, 3.05) is 38.2 Å². The monoisotopic (exact) mass is 584 g/mol. The maximum absolute atomic E-state index is 13.5. The van der Waals surface area contributed by atoms with Crippen molar-refractivity contribution in [1.82, 2.24) is 4.31 Å². The van der Waals surface area contributed by atoms with Crippen LogP contribution >= 0.6 is 11.3 Å². The Labute approximate surface area is 220 Å².